The van der Waals surface area contributed by atoms with Crippen molar-refractivity contribution in [3.63, 3.8) is 0 Å². The second kappa shape index (κ2) is 6.42. The van der Waals surface area contributed by atoms with Crippen molar-refractivity contribution in [2.45, 2.75) is 77.2 Å². The number of aliphatic hydroxyl groups excluding tert-OH is 1. The third-order valence-electron chi connectivity index (χ3n) is 9.41. The molecule has 0 radical (unpaired) electrons. The van der Waals surface area contributed by atoms with Crippen LogP contribution in [0.25, 0.3) is 0 Å². The maximum Gasteiger partial charge on any atom is 0.0946 e. The average Bonchev–Trinajstić information content (AvgIpc) is 3.06. The van der Waals surface area contributed by atoms with Gasteiger partial charge in [0.2, 0.25) is 0 Å². The van der Waals surface area contributed by atoms with E-state index in [-0.39, 0.29) is 11.5 Å². The van der Waals surface area contributed by atoms with Crippen LogP contribution in [0.3, 0.4) is 0 Å². The first-order chi connectivity index (χ1) is 13.5. The average molecular weight is 377 g/mol. The number of allylic oxidation sites excluding steroid dienone is 1. The summed E-state index contributed by atoms with van der Waals surface area (Å²) in [6.07, 6.45) is 12.4. The summed E-state index contributed by atoms with van der Waals surface area (Å²) in [6.45, 7) is 4.94. The van der Waals surface area contributed by atoms with E-state index in [2.05, 4.69) is 43.2 Å². The highest BCUT2D eigenvalue weighted by molar-refractivity contribution is 5.39. The quantitative estimate of drug-likeness (QED) is 0.715. The lowest BCUT2D eigenvalue weighted by Crippen LogP contribution is -2.51. The lowest BCUT2D eigenvalue weighted by molar-refractivity contribution is -0.0427. The summed E-state index contributed by atoms with van der Waals surface area (Å²) in [4.78, 5) is 4.40. The van der Waals surface area contributed by atoms with Gasteiger partial charge >= 0.3 is 0 Å². The van der Waals surface area contributed by atoms with Gasteiger partial charge in [0.1, 0.15) is 0 Å². The fourth-order valence-corrected chi connectivity index (χ4v) is 8.03. The van der Waals surface area contributed by atoms with Crippen molar-refractivity contribution in [3.05, 3.63) is 41.2 Å². The zero-order valence-corrected chi connectivity index (χ0v) is 17.2. The van der Waals surface area contributed by atoms with E-state index in [1.807, 2.05) is 6.20 Å². The molecule has 5 rings (SSSR count). The van der Waals surface area contributed by atoms with Crippen LogP contribution in [0, 0.1) is 39.9 Å². The Morgan fingerprint density at radius 1 is 1.11 bits per heavy atom. The number of aromatic nitrogens is 1. The van der Waals surface area contributed by atoms with Gasteiger partial charge in [0.25, 0.3) is 0 Å². The van der Waals surface area contributed by atoms with Gasteiger partial charge in [0, 0.05) is 18.0 Å². The van der Waals surface area contributed by atoms with Gasteiger partial charge in [0.05, 0.1) is 12.2 Å². The molecule has 0 amide bonds. The van der Waals surface area contributed by atoms with E-state index in [4.69, 9.17) is 0 Å². The van der Waals surface area contributed by atoms with Gasteiger partial charge in [-0.05, 0) is 103 Å². The van der Waals surface area contributed by atoms with E-state index in [9.17, 15) is 10.4 Å². The summed E-state index contributed by atoms with van der Waals surface area (Å²) in [5, 5.41) is 20.2. The fraction of sp³-hybridized carbons (Fsp3) is 0.680. The van der Waals surface area contributed by atoms with Crippen LogP contribution in [-0.2, 0) is 0 Å². The number of nitrogens with zero attached hydrogens (tertiary/aromatic N) is 2. The van der Waals surface area contributed by atoms with Crippen LogP contribution in [0.2, 0.25) is 0 Å². The molecule has 0 saturated heterocycles. The zero-order valence-electron chi connectivity index (χ0n) is 17.2. The van der Waals surface area contributed by atoms with Crippen LogP contribution >= 0.6 is 0 Å². The monoisotopic (exact) mass is 376 g/mol. The van der Waals surface area contributed by atoms with E-state index in [0.717, 1.165) is 31.3 Å². The molecule has 1 aromatic heterocycles. The SMILES string of the molecule is C[C@]12CC[C@H](O)CC1=C(C#N)C[C@@H]1[C@@H]2CC[C@]2(C)C(c3cccnc3)CC[C@@H]12. The number of pyridine rings is 1. The van der Waals surface area contributed by atoms with Crippen molar-refractivity contribution in [2.24, 2.45) is 28.6 Å². The number of fused-ring (bicyclic) bond motifs is 5. The lowest BCUT2D eigenvalue weighted by Gasteiger charge is -2.58. The fourth-order valence-electron chi connectivity index (χ4n) is 8.03. The first kappa shape index (κ1) is 18.4. The highest BCUT2D eigenvalue weighted by atomic mass is 16.3. The summed E-state index contributed by atoms with van der Waals surface area (Å²) < 4.78 is 0. The van der Waals surface area contributed by atoms with Crippen molar-refractivity contribution in [1.82, 2.24) is 4.98 Å². The topological polar surface area (TPSA) is 56.9 Å². The van der Waals surface area contributed by atoms with Gasteiger partial charge < -0.3 is 5.11 Å². The summed E-state index contributed by atoms with van der Waals surface area (Å²) in [5.41, 5.74) is 4.18. The number of rotatable bonds is 1. The Labute approximate surface area is 168 Å². The van der Waals surface area contributed by atoms with E-state index < -0.39 is 0 Å². The second-order valence-corrected chi connectivity index (χ2v) is 10.4. The maximum atomic E-state index is 10.3. The van der Waals surface area contributed by atoms with Crippen LogP contribution < -0.4 is 0 Å². The highest BCUT2D eigenvalue weighted by Crippen LogP contribution is 2.68. The largest absolute Gasteiger partial charge is 0.393 e. The van der Waals surface area contributed by atoms with E-state index in [0.29, 0.717) is 29.1 Å². The minimum Gasteiger partial charge on any atom is -0.393 e. The summed E-state index contributed by atoms with van der Waals surface area (Å²) in [5.74, 6) is 2.60. The number of nitriles is 1. The van der Waals surface area contributed by atoms with Crippen molar-refractivity contribution in [2.75, 3.05) is 0 Å². The van der Waals surface area contributed by atoms with E-state index >= 15 is 0 Å². The van der Waals surface area contributed by atoms with Gasteiger partial charge in [-0.2, -0.15) is 5.26 Å². The molecular formula is C25H32N2O. The molecule has 1 heterocycles. The highest BCUT2D eigenvalue weighted by Gasteiger charge is 2.59. The van der Waals surface area contributed by atoms with Gasteiger partial charge in [0.15, 0.2) is 0 Å². The molecule has 3 heteroatoms. The molecule has 0 spiro atoms. The lowest BCUT2D eigenvalue weighted by atomic mass is 9.46. The molecule has 0 bridgehead atoms. The zero-order chi connectivity index (χ0) is 19.5. The number of hydrogen-bond donors (Lipinski definition) is 1. The minimum absolute atomic E-state index is 0.126. The molecule has 3 nitrogen and oxygen atoms in total. The predicted octanol–water partition coefficient (Wildman–Crippen LogP) is 5.38. The molecule has 7 atom stereocenters. The first-order valence-corrected chi connectivity index (χ1v) is 11.2. The molecule has 1 unspecified atom stereocenters. The number of aliphatic hydroxyl groups is 1. The second-order valence-electron chi connectivity index (χ2n) is 10.4. The van der Waals surface area contributed by atoms with Crippen LogP contribution in [0.1, 0.15) is 76.7 Å². The van der Waals surface area contributed by atoms with Crippen LogP contribution in [-0.4, -0.2) is 16.2 Å². The van der Waals surface area contributed by atoms with E-state index in [1.165, 1.54) is 36.8 Å². The normalized spacial score (nSPS) is 45.0. The van der Waals surface area contributed by atoms with Crippen molar-refractivity contribution in [3.8, 4) is 6.07 Å². The molecule has 0 aromatic carbocycles. The Morgan fingerprint density at radius 2 is 1.96 bits per heavy atom. The minimum atomic E-state index is -0.252. The van der Waals surface area contributed by atoms with Gasteiger partial charge in [-0.25, -0.2) is 0 Å². The van der Waals surface area contributed by atoms with Crippen molar-refractivity contribution >= 4 is 0 Å². The Morgan fingerprint density at radius 3 is 2.71 bits per heavy atom. The molecule has 4 aliphatic carbocycles. The molecule has 28 heavy (non-hydrogen) atoms. The molecule has 0 aliphatic heterocycles. The van der Waals surface area contributed by atoms with Crippen LogP contribution in [0.4, 0.5) is 0 Å². The Balaban J connectivity index is 1.52. The standard InChI is InChI=1S/C25H32N2O/c1-24-10-8-22-19(21(24)6-5-20(24)16-4-3-11-27-15-16)12-17(14-26)23-13-18(28)7-9-25(22,23)2/h3-4,11,15,18-22,28H,5-10,12-13H2,1-2H3/t18-,19-,20?,21-,22-,24+,25+/m0/s1. The Bertz CT molecular complexity index is 840. The Hall–Kier alpha value is -1.66. The third kappa shape index (κ3) is 2.47. The van der Waals surface area contributed by atoms with Crippen LogP contribution in [0.15, 0.2) is 35.7 Å². The molecule has 148 valence electrons. The molecule has 3 saturated carbocycles. The van der Waals surface area contributed by atoms with Gasteiger partial charge in [-0.15, -0.1) is 0 Å². The third-order valence-corrected chi connectivity index (χ3v) is 9.41. The van der Waals surface area contributed by atoms with Gasteiger partial charge in [-0.1, -0.05) is 19.9 Å². The molecule has 1 aromatic rings. The summed E-state index contributed by atoms with van der Waals surface area (Å²) in [6, 6.07) is 6.92. The molecule has 3 fully saturated rings. The Kier molecular flexibility index (Phi) is 4.22. The van der Waals surface area contributed by atoms with Crippen LogP contribution in [0.5, 0.6) is 0 Å². The molecular weight excluding hydrogens is 344 g/mol. The molecule has 4 aliphatic rings. The maximum absolute atomic E-state index is 10.3. The predicted molar refractivity (Wildman–Crippen MR) is 109 cm³/mol. The van der Waals surface area contributed by atoms with E-state index in [1.54, 1.807) is 0 Å². The van der Waals surface area contributed by atoms with Crippen molar-refractivity contribution < 1.29 is 5.11 Å². The van der Waals surface area contributed by atoms with Gasteiger partial charge in [-0.3, -0.25) is 4.98 Å². The summed E-state index contributed by atoms with van der Waals surface area (Å²) in [7, 11) is 0. The number of hydrogen-bond acceptors (Lipinski definition) is 3. The van der Waals surface area contributed by atoms with Crippen molar-refractivity contribution in [1.29, 1.82) is 5.26 Å². The molecule has 1 N–H and O–H groups in total. The summed E-state index contributed by atoms with van der Waals surface area (Å²) >= 11 is 0. The smallest absolute Gasteiger partial charge is 0.0946 e. The first-order valence-electron chi connectivity index (χ1n) is 11.2.